The quantitative estimate of drug-likeness (QED) is 0.856. The van der Waals surface area contributed by atoms with Crippen molar-refractivity contribution in [3.63, 3.8) is 0 Å². The van der Waals surface area contributed by atoms with E-state index in [0.29, 0.717) is 23.6 Å². The van der Waals surface area contributed by atoms with Gasteiger partial charge in [-0.2, -0.15) is 0 Å². The van der Waals surface area contributed by atoms with Crippen molar-refractivity contribution in [1.29, 1.82) is 0 Å². The number of amides is 2. The smallest absolute Gasteiger partial charge is 0.275 e. The molecular weight excluding hydrogens is 325 g/mol. The highest BCUT2D eigenvalue weighted by atomic mass is 19.1. The molecule has 130 valence electrons. The summed E-state index contributed by atoms with van der Waals surface area (Å²) in [5, 5.41) is 0. The van der Waals surface area contributed by atoms with Crippen LogP contribution in [0.5, 0.6) is 0 Å². The monoisotopic (exact) mass is 343 g/mol. The van der Waals surface area contributed by atoms with Gasteiger partial charge < -0.3 is 14.2 Å². The van der Waals surface area contributed by atoms with Gasteiger partial charge in [0.25, 0.3) is 11.8 Å². The molecule has 2 amide bonds. The van der Waals surface area contributed by atoms with Crippen LogP contribution < -0.4 is 0 Å². The number of aromatic nitrogens is 1. The summed E-state index contributed by atoms with van der Waals surface area (Å²) in [7, 11) is 3.33. The third-order valence-electron chi connectivity index (χ3n) is 5.16. The number of halogens is 1. The number of nitrogens with zero attached hydrogens (tertiary/aromatic N) is 3. The van der Waals surface area contributed by atoms with Gasteiger partial charge in [0.2, 0.25) is 0 Å². The molecular formula is C18H18FN3O3. The van der Waals surface area contributed by atoms with Crippen LogP contribution in [-0.2, 0) is 0 Å². The molecule has 3 unspecified atom stereocenters. The highest BCUT2D eigenvalue weighted by molar-refractivity contribution is 5.95. The molecule has 2 saturated heterocycles. The number of hydrogen-bond donors (Lipinski definition) is 0. The topological polar surface area (TPSA) is 66.7 Å². The Hall–Kier alpha value is -2.70. The summed E-state index contributed by atoms with van der Waals surface area (Å²) >= 11 is 0. The van der Waals surface area contributed by atoms with Crippen LogP contribution in [0.4, 0.5) is 4.39 Å². The first kappa shape index (κ1) is 15.8. The number of hydrogen-bond acceptors (Lipinski definition) is 4. The Bertz CT molecular complexity index is 830. The van der Waals surface area contributed by atoms with Gasteiger partial charge in [-0.25, -0.2) is 9.37 Å². The Morgan fingerprint density at radius 1 is 1.28 bits per heavy atom. The van der Waals surface area contributed by atoms with Crippen LogP contribution in [0.25, 0.3) is 0 Å². The molecule has 7 heteroatoms. The van der Waals surface area contributed by atoms with Crippen LogP contribution in [0.2, 0.25) is 0 Å². The Morgan fingerprint density at radius 3 is 2.68 bits per heavy atom. The van der Waals surface area contributed by atoms with Crippen molar-refractivity contribution >= 4 is 11.8 Å². The minimum atomic E-state index is -0.367. The van der Waals surface area contributed by atoms with Gasteiger partial charge >= 0.3 is 0 Å². The predicted molar refractivity (Wildman–Crippen MR) is 86.6 cm³/mol. The fourth-order valence-electron chi connectivity index (χ4n) is 3.86. The zero-order chi connectivity index (χ0) is 17.7. The summed E-state index contributed by atoms with van der Waals surface area (Å²) in [6.45, 7) is 0.613. The maximum atomic E-state index is 13.1. The second-order valence-corrected chi connectivity index (χ2v) is 6.82. The van der Waals surface area contributed by atoms with Crippen molar-refractivity contribution in [1.82, 2.24) is 14.8 Å². The highest BCUT2D eigenvalue weighted by Crippen LogP contribution is 2.53. The highest BCUT2D eigenvalue weighted by Gasteiger charge is 2.56. The van der Waals surface area contributed by atoms with E-state index in [2.05, 4.69) is 4.98 Å². The number of rotatable bonds is 3. The molecule has 0 N–H and O–H groups in total. The van der Waals surface area contributed by atoms with Gasteiger partial charge in [-0.1, -0.05) is 0 Å². The van der Waals surface area contributed by atoms with E-state index in [9.17, 15) is 14.0 Å². The SMILES string of the molecule is CN(C)C(=O)c1ncoc1C1C2CC1N(C(=O)c1ccc(F)cc1)C2. The van der Waals surface area contributed by atoms with E-state index >= 15 is 0 Å². The zero-order valence-electron chi connectivity index (χ0n) is 14.0. The molecule has 3 aliphatic rings. The lowest BCUT2D eigenvalue weighted by atomic mass is 9.72. The normalized spacial score (nSPS) is 24.1. The van der Waals surface area contributed by atoms with E-state index in [1.54, 1.807) is 19.0 Å². The number of fused-ring (bicyclic) bond motifs is 1. The molecule has 1 aliphatic carbocycles. The molecule has 0 radical (unpaired) electrons. The van der Waals surface area contributed by atoms with Crippen molar-refractivity contribution in [2.75, 3.05) is 20.6 Å². The number of benzene rings is 1. The van der Waals surface area contributed by atoms with Crippen LogP contribution in [0.1, 0.15) is 38.9 Å². The van der Waals surface area contributed by atoms with E-state index in [1.807, 2.05) is 0 Å². The summed E-state index contributed by atoms with van der Waals surface area (Å²) in [6, 6.07) is 5.56. The van der Waals surface area contributed by atoms with Crippen LogP contribution in [0, 0.1) is 11.7 Å². The average molecular weight is 343 g/mol. The fourth-order valence-corrected chi connectivity index (χ4v) is 3.86. The van der Waals surface area contributed by atoms with Crippen LogP contribution in [-0.4, -0.2) is 53.3 Å². The lowest BCUT2D eigenvalue weighted by Gasteiger charge is -2.35. The first-order valence-corrected chi connectivity index (χ1v) is 8.19. The molecule has 3 heterocycles. The standard InChI is InChI=1S/C18H18FN3O3/c1-21(2)18(24)15-16(25-9-20-15)14-11-7-13(14)22(8-11)17(23)10-3-5-12(19)6-4-10/h3-6,9,11,13-14H,7-8H2,1-2H3. The molecule has 3 fully saturated rings. The van der Waals surface area contributed by atoms with Crippen LogP contribution >= 0.6 is 0 Å². The van der Waals surface area contributed by atoms with E-state index < -0.39 is 0 Å². The summed E-state index contributed by atoms with van der Waals surface area (Å²) < 4.78 is 18.6. The van der Waals surface area contributed by atoms with Gasteiger partial charge in [-0.05, 0) is 36.6 Å². The maximum Gasteiger partial charge on any atom is 0.275 e. The molecule has 2 bridgehead atoms. The Labute approximate surface area is 144 Å². The lowest BCUT2D eigenvalue weighted by molar-refractivity contribution is 0.0728. The molecule has 1 aromatic carbocycles. The van der Waals surface area contributed by atoms with Gasteiger partial charge in [0, 0.05) is 38.2 Å². The van der Waals surface area contributed by atoms with E-state index in [4.69, 9.17) is 4.42 Å². The third-order valence-corrected chi connectivity index (χ3v) is 5.16. The van der Waals surface area contributed by atoms with Gasteiger partial charge in [0.1, 0.15) is 11.6 Å². The first-order valence-electron chi connectivity index (χ1n) is 8.19. The lowest BCUT2D eigenvalue weighted by Crippen LogP contribution is -2.40. The van der Waals surface area contributed by atoms with Gasteiger partial charge in [0.05, 0.1) is 0 Å². The van der Waals surface area contributed by atoms with Crippen molar-refractivity contribution in [2.45, 2.75) is 18.4 Å². The molecule has 1 aromatic heterocycles. The largest absolute Gasteiger partial charge is 0.447 e. The second kappa shape index (κ2) is 5.68. The molecule has 1 saturated carbocycles. The van der Waals surface area contributed by atoms with Gasteiger partial charge in [-0.15, -0.1) is 0 Å². The number of carbonyl (C=O) groups is 2. The maximum absolute atomic E-state index is 13.1. The minimum Gasteiger partial charge on any atom is -0.447 e. The average Bonchev–Trinajstić information content (AvgIpc) is 3.28. The van der Waals surface area contributed by atoms with Crippen molar-refractivity contribution in [2.24, 2.45) is 5.92 Å². The molecule has 0 spiro atoms. The first-order chi connectivity index (χ1) is 12.0. The zero-order valence-corrected chi connectivity index (χ0v) is 14.0. The molecule has 25 heavy (non-hydrogen) atoms. The summed E-state index contributed by atoms with van der Waals surface area (Å²) in [5.74, 6) is 0.131. The van der Waals surface area contributed by atoms with Crippen LogP contribution in [0.3, 0.4) is 0 Å². The summed E-state index contributed by atoms with van der Waals surface area (Å²) in [4.78, 5) is 32.3. The van der Waals surface area contributed by atoms with Gasteiger partial charge in [0.15, 0.2) is 12.1 Å². The molecule has 3 atom stereocenters. The third kappa shape index (κ3) is 2.42. The van der Waals surface area contributed by atoms with Crippen LogP contribution in [0.15, 0.2) is 35.1 Å². The fraction of sp³-hybridized carbons (Fsp3) is 0.389. The Balaban J connectivity index is 1.57. The predicted octanol–water partition coefficient (Wildman–Crippen LogP) is 2.14. The second-order valence-electron chi connectivity index (χ2n) is 6.82. The van der Waals surface area contributed by atoms with Crippen molar-refractivity contribution in [3.05, 3.63) is 53.5 Å². The van der Waals surface area contributed by atoms with Gasteiger partial charge in [-0.3, -0.25) is 9.59 Å². The molecule has 6 nitrogen and oxygen atoms in total. The number of carbonyl (C=O) groups excluding carboxylic acids is 2. The summed E-state index contributed by atoms with van der Waals surface area (Å²) in [6.07, 6.45) is 2.17. The van der Waals surface area contributed by atoms with Crippen molar-refractivity contribution < 1.29 is 18.4 Å². The molecule has 5 rings (SSSR count). The number of oxazole rings is 1. The van der Waals surface area contributed by atoms with E-state index in [1.165, 1.54) is 35.6 Å². The van der Waals surface area contributed by atoms with E-state index in [-0.39, 0.29) is 35.5 Å². The Kier molecular flexibility index (Phi) is 3.59. The molecule has 2 aliphatic heterocycles. The molecule has 2 aromatic rings. The minimum absolute atomic E-state index is 0.00852. The summed E-state index contributed by atoms with van der Waals surface area (Å²) in [5.41, 5.74) is 0.788. The Morgan fingerprint density at radius 2 is 2.00 bits per heavy atom. The van der Waals surface area contributed by atoms with Crippen molar-refractivity contribution in [3.8, 4) is 0 Å². The van der Waals surface area contributed by atoms with E-state index in [0.717, 1.165) is 6.42 Å².